The van der Waals surface area contributed by atoms with E-state index in [1.54, 1.807) is 50.3 Å². The van der Waals surface area contributed by atoms with Gasteiger partial charge in [0.25, 0.3) is 11.2 Å². The second-order valence-corrected chi connectivity index (χ2v) is 10.3. The molecule has 1 atom stereocenters. The first-order valence-corrected chi connectivity index (χ1v) is 13.9. The van der Waals surface area contributed by atoms with Crippen LogP contribution in [0, 0.1) is 10.1 Å². The quantitative estimate of drug-likeness (QED) is 0.157. The summed E-state index contributed by atoms with van der Waals surface area (Å²) in [6.45, 7) is 3.55. The number of rotatable bonds is 9. The third-order valence-corrected chi connectivity index (χ3v) is 7.78. The van der Waals surface area contributed by atoms with Crippen molar-refractivity contribution in [2.45, 2.75) is 19.9 Å². The Morgan fingerprint density at radius 3 is 2.47 bits per heavy atom. The molecule has 0 amide bonds. The van der Waals surface area contributed by atoms with Crippen molar-refractivity contribution in [3.05, 3.63) is 101 Å². The van der Waals surface area contributed by atoms with E-state index in [2.05, 4.69) is 4.99 Å². The molecular weight excluding hydrogens is 578 g/mol. The number of hydrogen-bond acceptors (Lipinski definition) is 11. The minimum atomic E-state index is -0.849. The number of allylic oxidation sites excluding steroid dienone is 1. The Hall–Kier alpha value is -5.17. The van der Waals surface area contributed by atoms with E-state index in [-0.39, 0.29) is 17.9 Å². The van der Waals surface area contributed by atoms with Gasteiger partial charge in [-0.25, -0.2) is 9.79 Å². The van der Waals surface area contributed by atoms with E-state index in [4.69, 9.17) is 23.4 Å². The van der Waals surface area contributed by atoms with Crippen LogP contribution in [0.15, 0.2) is 74.0 Å². The molecule has 5 rings (SSSR count). The molecule has 0 N–H and O–H groups in total. The van der Waals surface area contributed by atoms with Crippen LogP contribution in [0.3, 0.4) is 0 Å². The van der Waals surface area contributed by atoms with Crippen molar-refractivity contribution >= 4 is 29.1 Å². The van der Waals surface area contributed by atoms with Gasteiger partial charge in [0, 0.05) is 18.2 Å². The van der Waals surface area contributed by atoms with Crippen LogP contribution in [0.5, 0.6) is 17.2 Å². The Labute approximate surface area is 248 Å². The minimum Gasteiger partial charge on any atom is -0.496 e. The number of benzene rings is 2. The Morgan fingerprint density at radius 1 is 1.07 bits per heavy atom. The molecule has 3 heterocycles. The van der Waals surface area contributed by atoms with Crippen molar-refractivity contribution in [2.24, 2.45) is 4.99 Å². The van der Waals surface area contributed by atoms with Gasteiger partial charge in [-0.05, 0) is 49.7 Å². The highest BCUT2D eigenvalue weighted by molar-refractivity contribution is 7.07. The Bertz CT molecular complexity index is 1950. The van der Waals surface area contributed by atoms with Gasteiger partial charge in [-0.2, -0.15) is 0 Å². The van der Waals surface area contributed by atoms with Crippen molar-refractivity contribution in [1.29, 1.82) is 0 Å². The summed E-state index contributed by atoms with van der Waals surface area (Å²) >= 11 is 1.13. The number of nitro groups is 1. The molecule has 1 aliphatic rings. The average molecular weight is 606 g/mol. The van der Waals surface area contributed by atoms with Crippen molar-refractivity contribution in [2.75, 3.05) is 27.9 Å². The molecule has 0 spiro atoms. The Morgan fingerprint density at radius 2 is 1.79 bits per heavy atom. The summed E-state index contributed by atoms with van der Waals surface area (Å²) in [7, 11) is 4.47. The van der Waals surface area contributed by atoms with E-state index >= 15 is 0 Å². The van der Waals surface area contributed by atoms with E-state index in [9.17, 15) is 19.7 Å². The largest absolute Gasteiger partial charge is 0.496 e. The first-order valence-electron chi connectivity index (χ1n) is 13.0. The number of furan rings is 1. The summed E-state index contributed by atoms with van der Waals surface area (Å²) in [6, 6.07) is 11.8. The summed E-state index contributed by atoms with van der Waals surface area (Å²) in [6.07, 6.45) is 1.56. The summed E-state index contributed by atoms with van der Waals surface area (Å²) in [5.74, 6) is 1.38. The monoisotopic (exact) mass is 605 g/mol. The predicted octanol–water partition coefficient (Wildman–Crippen LogP) is 3.99. The highest BCUT2D eigenvalue weighted by Gasteiger charge is 2.34. The molecule has 0 fully saturated rings. The van der Waals surface area contributed by atoms with Crippen LogP contribution in [0.4, 0.5) is 5.69 Å². The minimum absolute atomic E-state index is 0.120. The van der Waals surface area contributed by atoms with Gasteiger partial charge in [0.1, 0.15) is 17.3 Å². The van der Waals surface area contributed by atoms with Gasteiger partial charge >= 0.3 is 5.97 Å². The van der Waals surface area contributed by atoms with Crippen molar-refractivity contribution in [3.8, 4) is 28.6 Å². The molecule has 0 saturated carbocycles. The summed E-state index contributed by atoms with van der Waals surface area (Å²) in [4.78, 5) is 42.9. The van der Waals surface area contributed by atoms with Crippen LogP contribution in [0.25, 0.3) is 17.4 Å². The van der Waals surface area contributed by atoms with Gasteiger partial charge in [-0.1, -0.05) is 17.4 Å². The molecule has 0 radical (unpaired) electrons. The smallest absolute Gasteiger partial charge is 0.338 e. The molecule has 0 unspecified atom stereocenters. The van der Waals surface area contributed by atoms with E-state index in [0.717, 1.165) is 11.3 Å². The first kappa shape index (κ1) is 29.3. The van der Waals surface area contributed by atoms with Gasteiger partial charge in [0.15, 0.2) is 16.3 Å². The number of fused-ring (bicyclic) bond motifs is 1. The maximum absolute atomic E-state index is 13.9. The van der Waals surface area contributed by atoms with E-state index in [0.29, 0.717) is 54.9 Å². The lowest BCUT2D eigenvalue weighted by Crippen LogP contribution is -2.39. The molecule has 12 nitrogen and oxygen atoms in total. The molecule has 43 heavy (non-hydrogen) atoms. The Balaban J connectivity index is 1.65. The molecular formula is C30H27N3O9S. The standard InChI is InChI=1S/C30H27N3O9S/c1-6-41-29(35)26-16(2)31-30-32(27(26)17-7-10-23(39-4)24(13-17)40-5)28(34)25(43-30)15-19-9-12-22(42-19)20-14-18(33(36)37)8-11-21(20)38-3/h7-15,27H,6H2,1-5H3/b25-15-/t27-/m1/s1. The molecule has 0 aliphatic carbocycles. The van der Waals surface area contributed by atoms with E-state index < -0.39 is 22.5 Å². The van der Waals surface area contributed by atoms with Crippen LogP contribution < -0.4 is 29.1 Å². The molecule has 13 heteroatoms. The maximum atomic E-state index is 13.9. The van der Waals surface area contributed by atoms with Crippen LogP contribution in [-0.4, -0.2) is 43.4 Å². The number of nitrogens with zero attached hydrogens (tertiary/aromatic N) is 3. The molecule has 222 valence electrons. The Kier molecular flexibility index (Phi) is 8.17. The van der Waals surface area contributed by atoms with Crippen LogP contribution in [-0.2, 0) is 9.53 Å². The fourth-order valence-electron chi connectivity index (χ4n) is 4.84. The lowest BCUT2D eigenvalue weighted by Gasteiger charge is -2.25. The fraction of sp³-hybridized carbons (Fsp3) is 0.233. The molecule has 2 aromatic heterocycles. The van der Waals surface area contributed by atoms with Crippen molar-refractivity contribution < 1.29 is 33.1 Å². The maximum Gasteiger partial charge on any atom is 0.338 e. The highest BCUT2D eigenvalue weighted by Crippen LogP contribution is 2.37. The van der Waals surface area contributed by atoms with Crippen molar-refractivity contribution in [3.63, 3.8) is 0 Å². The van der Waals surface area contributed by atoms with Crippen LogP contribution in [0.2, 0.25) is 0 Å². The number of aromatic nitrogens is 1. The predicted molar refractivity (Wildman–Crippen MR) is 157 cm³/mol. The molecule has 2 aromatic carbocycles. The summed E-state index contributed by atoms with van der Waals surface area (Å²) in [5.41, 5.74) is 1.12. The first-order chi connectivity index (χ1) is 20.7. The average Bonchev–Trinajstić information content (AvgIpc) is 3.59. The number of non-ortho nitro benzene ring substituents is 1. The third kappa shape index (κ3) is 5.42. The lowest BCUT2D eigenvalue weighted by atomic mass is 9.95. The number of esters is 1. The fourth-order valence-corrected chi connectivity index (χ4v) is 5.86. The van der Waals surface area contributed by atoms with E-state index in [1.165, 1.54) is 44.1 Å². The van der Waals surface area contributed by atoms with Crippen LogP contribution in [0.1, 0.15) is 31.2 Å². The number of nitro benzene ring substituents is 1. The number of hydrogen-bond donors (Lipinski definition) is 0. The van der Waals surface area contributed by atoms with Gasteiger partial charge in [0.05, 0.1) is 60.3 Å². The van der Waals surface area contributed by atoms with Gasteiger partial charge in [-0.15, -0.1) is 0 Å². The number of carbonyl (C=O) groups excluding carboxylic acids is 1. The van der Waals surface area contributed by atoms with Crippen molar-refractivity contribution in [1.82, 2.24) is 4.57 Å². The zero-order valence-electron chi connectivity index (χ0n) is 23.9. The topological polar surface area (TPSA) is 145 Å². The second-order valence-electron chi connectivity index (χ2n) is 9.26. The molecule has 0 bridgehead atoms. The summed E-state index contributed by atoms with van der Waals surface area (Å²) < 4.78 is 29.3. The zero-order chi connectivity index (χ0) is 30.8. The van der Waals surface area contributed by atoms with E-state index in [1.807, 2.05) is 0 Å². The molecule has 1 aliphatic heterocycles. The van der Waals surface area contributed by atoms with Gasteiger partial charge in [0.2, 0.25) is 0 Å². The lowest BCUT2D eigenvalue weighted by molar-refractivity contribution is -0.384. The second kappa shape index (κ2) is 12.0. The third-order valence-electron chi connectivity index (χ3n) is 6.80. The zero-order valence-corrected chi connectivity index (χ0v) is 24.7. The highest BCUT2D eigenvalue weighted by atomic mass is 32.1. The van der Waals surface area contributed by atoms with Gasteiger partial charge < -0.3 is 23.4 Å². The molecule has 0 saturated heterocycles. The number of carbonyl (C=O) groups is 1. The summed E-state index contributed by atoms with van der Waals surface area (Å²) in [5, 5.41) is 11.3. The van der Waals surface area contributed by atoms with Gasteiger partial charge in [-0.3, -0.25) is 19.5 Å². The normalized spacial score (nSPS) is 14.6. The number of ether oxygens (including phenoxy) is 4. The SMILES string of the molecule is CCOC(=O)C1=C(C)N=c2s/c(=C\c3ccc(-c4cc([N+](=O)[O-])ccc4OC)o3)c(=O)n2[C@@H]1c1ccc(OC)c(OC)c1. The number of methoxy groups -OCH3 is 3. The molecule has 4 aromatic rings. The van der Waals surface area contributed by atoms with Crippen LogP contribution >= 0.6 is 11.3 Å². The number of thiazole rings is 1.